The van der Waals surface area contributed by atoms with E-state index < -0.39 is 0 Å². The Labute approximate surface area is 127 Å². The molecule has 0 aliphatic heterocycles. The number of nitrogens with zero attached hydrogens (tertiary/aromatic N) is 3. The van der Waals surface area contributed by atoms with Crippen LogP contribution in [0, 0.1) is 6.92 Å². The number of anilines is 1. The van der Waals surface area contributed by atoms with Crippen molar-refractivity contribution >= 4 is 28.9 Å². The van der Waals surface area contributed by atoms with Crippen LogP contribution in [0.15, 0.2) is 12.1 Å². The summed E-state index contributed by atoms with van der Waals surface area (Å²) in [5, 5.41) is 9.41. The van der Waals surface area contributed by atoms with Crippen LogP contribution in [0.4, 0.5) is 5.69 Å². The van der Waals surface area contributed by atoms with Gasteiger partial charge in [0.1, 0.15) is 5.82 Å². The molecule has 0 amide bonds. The minimum atomic E-state index is 0.403. The third-order valence-corrected chi connectivity index (χ3v) is 4.52. The van der Waals surface area contributed by atoms with E-state index in [0.29, 0.717) is 21.8 Å². The molecule has 1 aromatic carbocycles. The van der Waals surface area contributed by atoms with Crippen LogP contribution >= 0.6 is 23.2 Å². The molecule has 1 aliphatic carbocycles. The van der Waals surface area contributed by atoms with E-state index in [1.54, 1.807) is 12.1 Å². The van der Waals surface area contributed by atoms with E-state index in [-0.39, 0.29) is 0 Å². The van der Waals surface area contributed by atoms with E-state index >= 15 is 0 Å². The van der Waals surface area contributed by atoms with Gasteiger partial charge in [0.05, 0.1) is 15.7 Å². The highest BCUT2D eigenvalue weighted by Gasteiger charge is 2.23. The largest absolute Gasteiger partial charge is 0.396 e. The summed E-state index contributed by atoms with van der Waals surface area (Å²) in [7, 11) is 0. The first kappa shape index (κ1) is 13.7. The van der Waals surface area contributed by atoms with Gasteiger partial charge >= 0.3 is 0 Å². The molecule has 0 saturated heterocycles. The van der Waals surface area contributed by atoms with Crippen molar-refractivity contribution in [3.8, 4) is 11.4 Å². The van der Waals surface area contributed by atoms with Crippen molar-refractivity contribution in [2.24, 2.45) is 0 Å². The topological polar surface area (TPSA) is 56.7 Å². The highest BCUT2D eigenvalue weighted by atomic mass is 35.5. The summed E-state index contributed by atoms with van der Waals surface area (Å²) in [4.78, 5) is 0. The molecule has 1 heterocycles. The molecule has 2 N–H and O–H groups in total. The van der Waals surface area contributed by atoms with Gasteiger partial charge in [0.2, 0.25) is 0 Å². The average Bonchev–Trinajstić information content (AvgIpc) is 3.04. The Balaban J connectivity index is 2.11. The Morgan fingerprint density at radius 2 is 1.75 bits per heavy atom. The molecule has 1 fully saturated rings. The van der Waals surface area contributed by atoms with Crippen molar-refractivity contribution in [1.29, 1.82) is 0 Å². The number of aryl methyl sites for hydroxylation is 1. The fraction of sp³-hybridized carbons (Fsp3) is 0.429. The molecular weight excluding hydrogens is 295 g/mol. The molecule has 0 bridgehead atoms. The van der Waals surface area contributed by atoms with Gasteiger partial charge < -0.3 is 10.3 Å². The molecular formula is C14H16Cl2N4. The van der Waals surface area contributed by atoms with E-state index in [0.717, 1.165) is 17.2 Å². The molecule has 6 heteroatoms. The molecule has 20 heavy (non-hydrogen) atoms. The summed E-state index contributed by atoms with van der Waals surface area (Å²) in [6, 6.07) is 4.07. The first-order valence-electron chi connectivity index (χ1n) is 6.74. The van der Waals surface area contributed by atoms with Crippen LogP contribution in [0.3, 0.4) is 0 Å². The summed E-state index contributed by atoms with van der Waals surface area (Å²) in [6.07, 6.45) is 4.85. The van der Waals surface area contributed by atoms with Crippen LogP contribution in [-0.4, -0.2) is 14.8 Å². The minimum absolute atomic E-state index is 0.403. The average molecular weight is 311 g/mol. The van der Waals surface area contributed by atoms with Crippen molar-refractivity contribution in [3.05, 3.63) is 28.0 Å². The second-order valence-electron chi connectivity index (χ2n) is 5.23. The van der Waals surface area contributed by atoms with Crippen LogP contribution in [0.2, 0.25) is 10.0 Å². The summed E-state index contributed by atoms with van der Waals surface area (Å²) in [6.45, 7) is 1.98. The smallest absolute Gasteiger partial charge is 0.164 e. The van der Waals surface area contributed by atoms with Gasteiger partial charge in [-0.25, -0.2) is 0 Å². The third-order valence-electron chi connectivity index (χ3n) is 3.89. The number of hydrogen-bond acceptors (Lipinski definition) is 3. The molecule has 0 spiro atoms. The molecule has 0 radical (unpaired) electrons. The van der Waals surface area contributed by atoms with E-state index in [2.05, 4.69) is 14.8 Å². The lowest BCUT2D eigenvalue weighted by molar-refractivity contribution is 0.510. The number of rotatable bonds is 2. The molecule has 1 aromatic heterocycles. The summed E-state index contributed by atoms with van der Waals surface area (Å²) in [5.74, 6) is 1.74. The first-order valence-corrected chi connectivity index (χ1v) is 7.50. The summed E-state index contributed by atoms with van der Waals surface area (Å²) >= 11 is 12.2. The maximum absolute atomic E-state index is 6.12. The van der Waals surface area contributed by atoms with Gasteiger partial charge in [-0.3, -0.25) is 0 Å². The van der Waals surface area contributed by atoms with Crippen LogP contribution < -0.4 is 5.73 Å². The number of hydrogen-bond donors (Lipinski definition) is 1. The predicted molar refractivity (Wildman–Crippen MR) is 82.1 cm³/mol. The fourth-order valence-corrected chi connectivity index (χ4v) is 3.37. The van der Waals surface area contributed by atoms with Crippen molar-refractivity contribution < 1.29 is 0 Å². The molecule has 106 valence electrons. The van der Waals surface area contributed by atoms with Crippen molar-refractivity contribution in [3.63, 3.8) is 0 Å². The van der Waals surface area contributed by atoms with Gasteiger partial charge in [0, 0.05) is 11.6 Å². The van der Waals surface area contributed by atoms with Gasteiger partial charge in [0.15, 0.2) is 5.82 Å². The molecule has 0 atom stereocenters. The maximum atomic E-state index is 6.12. The Bertz CT molecular complexity index is 622. The first-order chi connectivity index (χ1) is 9.58. The lowest BCUT2D eigenvalue weighted by Gasteiger charge is -2.16. The van der Waals surface area contributed by atoms with E-state index in [1.807, 2.05) is 6.92 Å². The molecule has 2 aromatic rings. The number of nitrogen functional groups attached to an aromatic ring is 1. The van der Waals surface area contributed by atoms with Gasteiger partial charge in [-0.05, 0) is 31.9 Å². The molecule has 1 aliphatic rings. The molecule has 3 rings (SSSR count). The monoisotopic (exact) mass is 310 g/mol. The maximum Gasteiger partial charge on any atom is 0.164 e. The van der Waals surface area contributed by atoms with E-state index in [1.165, 1.54) is 25.7 Å². The highest BCUT2D eigenvalue weighted by Crippen LogP contribution is 2.37. The van der Waals surface area contributed by atoms with Crippen molar-refractivity contribution in [1.82, 2.24) is 14.8 Å². The molecule has 0 unspecified atom stereocenters. The summed E-state index contributed by atoms with van der Waals surface area (Å²) < 4.78 is 2.20. The fourth-order valence-electron chi connectivity index (χ4n) is 2.88. The van der Waals surface area contributed by atoms with Gasteiger partial charge in [-0.2, -0.15) is 0 Å². The molecule has 1 saturated carbocycles. The van der Waals surface area contributed by atoms with Gasteiger partial charge in [-0.15, -0.1) is 10.2 Å². The molecule has 4 nitrogen and oxygen atoms in total. The van der Waals surface area contributed by atoms with Crippen LogP contribution in [0.25, 0.3) is 11.4 Å². The predicted octanol–water partition coefficient (Wildman–Crippen LogP) is 4.26. The number of aromatic nitrogens is 3. The quantitative estimate of drug-likeness (QED) is 0.843. The number of benzene rings is 1. The number of nitrogens with two attached hydrogens (primary N) is 1. The van der Waals surface area contributed by atoms with Gasteiger partial charge in [-0.1, -0.05) is 36.0 Å². The summed E-state index contributed by atoms with van der Waals surface area (Å²) in [5.41, 5.74) is 7.05. The van der Waals surface area contributed by atoms with Crippen LogP contribution in [0.5, 0.6) is 0 Å². The zero-order valence-corrected chi connectivity index (χ0v) is 12.7. The second-order valence-corrected chi connectivity index (χ2v) is 6.05. The normalized spacial score (nSPS) is 15.9. The lowest BCUT2D eigenvalue weighted by Crippen LogP contribution is -2.08. The number of halogens is 2. The third kappa shape index (κ3) is 2.27. The van der Waals surface area contributed by atoms with Crippen LogP contribution in [-0.2, 0) is 0 Å². The second kappa shape index (κ2) is 5.26. The minimum Gasteiger partial charge on any atom is -0.396 e. The zero-order valence-electron chi connectivity index (χ0n) is 11.2. The Morgan fingerprint density at radius 1 is 1.15 bits per heavy atom. The van der Waals surface area contributed by atoms with Crippen molar-refractivity contribution in [2.75, 3.05) is 5.73 Å². The highest BCUT2D eigenvalue weighted by molar-refractivity contribution is 6.39. The Kier molecular flexibility index (Phi) is 3.61. The van der Waals surface area contributed by atoms with E-state index in [4.69, 9.17) is 28.9 Å². The van der Waals surface area contributed by atoms with Crippen molar-refractivity contribution in [2.45, 2.75) is 38.6 Å². The standard InChI is InChI=1S/C14H16Cl2N4/c1-8-18-19-14(20(8)10-4-2-3-5-10)9-6-11(15)13(17)12(16)7-9/h6-7,10H,2-5,17H2,1H3. The van der Waals surface area contributed by atoms with Crippen LogP contribution in [0.1, 0.15) is 37.5 Å². The lowest BCUT2D eigenvalue weighted by atomic mass is 10.1. The van der Waals surface area contributed by atoms with E-state index in [9.17, 15) is 0 Å². The Morgan fingerprint density at radius 3 is 2.35 bits per heavy atom. The zero-order chi connectivity index (χ0) is 14.3. The SMILES string of the molecule is Cc1nnc(-c2cc(Cl)c(N)c(Cl)c2)n1C1CCCC1. The van der Waals surface area contributed by atoms with Gasteiger partial charge in [0.25, 0.3) is 0 Å². The Hall–Kier alpha value is -1.26.